The molecule has 1 heterocycles. The average Bonchev–Trinajstić information content (AvgIpc) is 3.56. The van der Waals surface area contributed by atoms with Gasteiger partial charge in [0.15, 0.2) is 0 Å². The summed E-state index contributed by atoms with van der Waals surface area (Å²) in [5.41, 5.74) is 6.05. The van der Waals surface area contributed by atoms with Gasteiger partial charge in [-0.1, -0.05) is 54.4 Å². The lowest BCUT2D eigenvalue weighted by atomic mass is 9.73. The van der Waals surface area contributed by atoms with Crippen LogP contribution in [0.25, 0.3) is 0 Å². The summed E-state index contributed by atoms with van der Waals surface area (Å²) in [7, 11) is 0. The van der Waals surface area contributed by atoms with Crippen molar-refractivity contribution in [3.63, 3.8) is 0 Å². The van der Waals surface area contributed by atoms with Crippen molar-refractivity contribution in [2.24, 2.45) is 27.4 Å². The zero-order valence-electron chi connectivity index (χ0n) is 22.3. The summed E-state index contributed by atoms with van der Waals surface area (Å²) in [5.74, 6) is -1.80. The quantitative estimate of drug-likeness (QED) is 0.453. The molecule has 0 aromatic heterocycles. The molecule has 1 saturated heterocycles. The summed E-state index contributed by atoms with van der Waals surface area (Å²) in [6.45, 7) is 12.8. The summed E-state index contributed by atoms with van der Waals surface area (Å²) in [6, 6.07) is -2.24. The summed E-state index contributed by atoms with van der Waals surface area (Å²) < 4.78 is 0. The van der Waals surface area contributed by atoms with Crippen LogP contribution < -0.4 is 16.4 Å². The van der Waals surface area contributed by atoms with Crippen molar-refractivity contribution in [2.45, 2.75) is 117 Å². The van der Waals surface area contributed by atoms with Gasteiger partial charge in [0.25, 0.3) is 5.91 Å². The van der Waals surface area contributed by atoms with Gasteiger partial charge in [-0.05, 0) is 54.8 Å². The van der Waals surface area contributed by atoms with E-state index in [4.69, 9.17) is 5.73 Å². The number of ketones is 1. The van der Waals surface area contributed by atoms with Crippen LogP contribution in [-0.2, 0) is 19.2 Å². The van der Waals surface area contributed by atoms with E-state index in [9.17, 15) is 19.2 Å². The third-order valence-corrected chi connectivity index (χ3v) is 9.94. The van der Waals surface area contributed by atoms with Crippen molar-refractivity contribution in [1.82, 2.24) is 15.5 Å². The fourth-order valence-corrected chi connectivity index (χ4v) is 7.08. The molecule has 8 nitrogen and oxygen atoms in total. The van der Waals surface area contributed by atoms with E-state index in [1.807, 2.05) is 27.7 Å². The molecule has 4 rings (SSSR count). The highest BCUT2D eigenvalue weighted by atomic mass is 16.2. The van der Waals surface area contributed by atoms with E-state index >= 15 is 0 Å². The fourth-order valence-electron chi connectivity index (χ4n) is 7.08. The van der Waals surface area contributed by atoms with Crippen molar-refractivity contribution in [2.75, 3.05) is 6.54 Å². The van der Waals surface area contributed by atoms with Crippen LogP contribution in [0.1, 0.15) is 92.9 Å². The Morgan fingerprint density at radius 3 is 2.17 bits per heavy atom. The molecule has 1 aliphatic heterocycles. The zero-order valence-corrected chi connectivity index (χ0v) is 22.3. The van der Waals surface area contributed by atoms with Gasteiger partial charge in [-0.3, -0.25) is 19.2 Å². The Morgan fingerprint density at radius 1 is 1.09 bits per heavy atom. The number of likely N-dealkylation sites (tertiary alicyclic amines) is 1. The van der Waals surface area contributed by atoms with Crippen LogP contribution in [0.4, 0.5) is 0 Å². The number of nitrogens with one attached hydrogen (secondary N) is 2. The molecule has 35 heavy (non-hydrogen) atoms. The number of rotatable bonds is 8. The molecule has 3 aliphatic carbocycles. The number of nitrogens with zero attached hydrogens (tertiary/aromatic N) is 1. The van der Waals surface area contributed by atoms with Gasteiger partial charge in [0.1, 0.15) is 6.04 Å². The number of amides is 3. The van der Waals surface area contributed by atoms with Gasteiger partial charge in [0, 0.05) is 18.0 Å². The lowest BCUT2D eigenvalue weighted by molar-refractivity contribution is -0.143. The molecule has 0 radical (unpaired) electrons. The van der Waals surface area contributed by atoms with Gasteiger partial charge in [-0.2, -0.15) is 0 Å². The Bertz CT molecular complexity index is 915. The highest BCUT2D eigenvalue weighted by Gasteiger charge is 2.85. The van der Waals surface area contributed by atoms with Gasteiger partial charge in [0.05, 0.1) is 12.1 Å². The minimum absolute atomic E-state index is 0.0421. The van der Waals surface area contributed by atoms with Gasteiger partial charge in [-0.15, -0.1) is 0 Å². The van der Waals surface area contributed by atoms with Gasteiger partial charge in [-0.25, -0.2) is 0 Å². The maximum atomic E-state index is 13.7. The predicted octanol–water partition coefficient (Wildman–Crippen LogP) is 2.29. The molecule has 1 unspecified atom stereocenters. The lowest BCUT2D eigenvalue weighted by Gasteiger charge is -2.33. The van der Waals surface area contributed by atoms with E-state index in [1.165, 1.54) is 6.42 Å². The Labute approximate surface area is 209 Å². The standard InChI is InChI=1S/C27H44N4O4/c1-7-9-17(19(32)22(34)29-16-10-11-16)30-21(33)18-14-27(25(5,6)26(27)12-8-13-26)15-31(18)23(35)20(28)24(2,3)4/h16-18,20H,7-15,28H2,1-6H3,(H,29,34)(H,30,33)/t17?,18-,20-,27+/m0/s1. The van der Waals surface area contributed by atoms with Gasteiger partial charge in [0.2, 0.25) is 17.6 Å². The SMILES string of the molecule is CCCC(NC(=O)[C@@H]1C[C@@]2(CN1C(=O)[C@H](N)C(C)(C)C)C(C)(C)C21CCC1)C(=O)C(=O)NC1CC1. The Balaban J connectivity index is 1.56. The second-order valence-electron chi connectivity index (χ2n) is 13.1. The molecule has 2 spiro atoms. The number of carbonyl (C=O) groups is 4. The Hall–Kier alpha value is -1.96. The van der Waals surface area contributed by atoms with Crippen molar-refractivity contribution in [1.29, 1.82) is 0 Å². The smallest absolute Gasteiger partial charge is 0.289 e. The molecular weight excluding hydrogens is 444 g/mol. The summed E-state index contributed by atoms with van der Waals surface area (Å²) in [6.07, 6.45) is 6.81. The highest BCUT2D eigenvalue weighted by molar-refractivity contribution is 6.38. The molecular formula is C27H44N4O4. The first kappa shape index (κ1) is 26.1. The van der Waals surface area contributed by atoms with E-state index in [0.29, 0.717) is 25.8 Å². The molecule has 0 aromatic rings. The molecule has 196 valence electrons. The van der Waals surface area contributed by atoms with Crippen molar-refractivity contribution in [3.05, 3.63) is 0 Å². The third-order valence-electron chi connectivity index (χ3n) is 9.94. The van der Waals surface area contributed by atoms with Crippen LogP contribution in [0.3, 0.4) is 0 Å². The van der Waals surface area contributed by atoms with Crippen LogP contribution in [0.2, 0.25) is 0 Å². The first-order valence-corrected chi connectivity index (χ1v) is 13.4. The fraction of sp³-hybridized carbons (Fsp3) is 0.852. The van der Waals surface area contributed by atoms with Gasteiger partial charge >= 0.3 is 0 Å². The largest absolute Gasteiger partial charge is 0.347 e. The first-order valence-electron chi connectivity index (χ1n) is 13.4. The molecule has 8 heteroatoms. The lowest BCUT2D eigenvalue weighted by Crippen LogP contribution is -2.57. The van der Waals surface area contributed by atoms with Crippen molar-refractivity contribution in [3.8, 4) is 0 Å². The van der Waals surface area contributed by atoms with Crippen LogP contribution in [0.5, 0.6) is 0 Å². The van der Waals surface area contributed by atoms with Crippen LogP contribution in [0.15, 0.2) is 0 Å². The number of carbonyl (C=O) groups excluding carboxylic acids is 4. The Kier molecular flexibility index (Phi) is 6.39. The summed E-state index contributed by atoms with van der Waals surface area (Å²) in [5, 5.41) is 5.60. The van der Waals surface area contributed by atoms with E-state index in [1.54, 1.807) is 4.90 Å². The van der Waals surface area contributed by atoms with Crippen molar-refractivity contribution < 1.29 is 19.2 Å². The molecule has 0 bridgehead atoms. The van der Waals surface area contributed by atoms with E-state index in [2.05, 4.69) is 24.5 Å². The summed E-state index contributed by atoms with van der Waals surface area (Å²) >= 11 is 0. The molecule has 0 aromatic carbocycles. The minimum atomic E-state index is -0.888. The predicted molar refractivity (Wildman–Crippen MR) is 133 cm³/mol. The van der Waals surface area contributed by atoms with Gasteiger partial charge < -0.3 is 21.3 Å². The number of hydrogen-bond donors (Lipinski definition) is 3. The number of nitrogens with two attached hydrogens (primary N) is 1. The monoisotopic (exact) mass is 488 g/mol. The maximum Gasteiger partial charge on any atom is 0.289 e. The Morgan fingerprint density at radius 2 is 1.71 bits per heavy atom. The second kappa shape index (κ2) is 8.56. The van der Waals surface area contributed by atoms with E-state index in [-0.39, 0.29) is 34.1 Å². The highest BCUT2D eigenvalue weighted by Crippen LogP contribution is 2.88. The number of Topliss-reactive ketones (excluding diaryl/α,β-unsaturated/α-hetero) is 1. The van der Waals surface area contributed by atoms with Crippen LogP contribution in [-0.4, -0.2) is 59.1 Å². The van der Waals surface area contributed by atoms with E-state index < -0.39 is 35.2 Å². The zero-order chi connectivity index (χ0) is 26.0. The van der Waals surface area contributed by atoms with Crippen molar-refractivity contribution >= 4 is 23.5 Å². The molecule has 4 aliphatic rings. The normalized spacial score (nSPS) is 29.9. The van der Waals surface area contributed by atoms with E-state index in [0.717, 1.165) is 25.7 Å². The van der Waals surface area contributed by atoms with Crippen LogP contribution >= 0.6 is 0 Å². The summed E-state index contributed by atoms with van der Waals surface area (Å²) in [4.78, 5) is 54.3. The molecule has 4 atom stereocenters. The number of fused-ring (bicyclic) bond motifs is 1. The number of hydrogen-bond acceptors (Lipinski definition) is 5. The minimum Gasteiger partial charge on any atom is -0.347 e. The second-order valence-corrected chi connectivity index (χ2v) is 13.1. The molecule has 4 N–H and O–H groups in total. The molecule has 3 amide bonds. The molecule has 4 fully saturated rings. The first-order chi connectivity index (χ1) is 16.2. The average molecular weight is 489 g/mol. The van der Waals surface area contributed by atoms with Crippen LogP contribution in [0, 0.1) is 21.7 Å². The maximum absolute atomic E-state index is 13.7. The third kappa shape index (κ3) is 4.00. The molecule has 3 saturated carbocycles. The topological polar surface area (TPSA) is 122 Å².